The third kappa shape index (κ3) is 3.65. The number of nitrogens with zero attached hydrogens (tertiary/aromatic N) is 4. The molecule has 1 N–H and O–H groups in total. The Morgan fingerprint density at radius 3 is 2.45 bits per heavy atom. The molecule has 0 bridgehead atoms. The molecule has 0 spiro atoms. The molecular weight excluding hydrogens is 394 g/mol. The number of carbonyl (C=O) groups excluding carboxylic acids is 1. The fraction of sp³-hybridized carbons (Fsp3) is 0.0500. The number of nitro groups is 1. The SMILES string of the molecule is Cc1cc2nn(-c3ccccc3)nc2cc1NC(=O)c1ccc(Cl)c([N+](=O)[O-])c1. The minimum Gasteiger partial charge on any atom is -0.322 e. The monoisotopic (exact) mass is 407 g/mol. The second-order valence-corrected chi connectivity index (χ2v) is 6.77. The minimum atomic E-state index is -0.627. The van der Waals surface area contributed by atoms with Crippen molar-refractivity contribution in [3.05, 3.63) is 86.9 Å². The highest BCUT2D eigenvalue weighted by atomic mass is 35.5. The summed E-state index contributed by atoms with van der Waals surface area (Å²) in [5, 5.41) is 22.7. The van der Waals surface area contributed by atoms with E-state index in [0.29, 0.717) is 16.7 Å². The lowest BCUT2D eigenvalue weighted by Gasteiger charge is -2.08. The zero-order valence-corrected chi connectivity index (χ0v) is 15.9. The normalized spacial score (nSPS) is 10.8. The van der Waals surface area contributed by atoms with Crippen LogP contribution in [0.25, 0.3) is 16.7 Å². The van der Waals surface area contributed by atoms with E-state index in [0.717, 1.165) is 17.3 Å². The van der Waals surface area contributed by atoms with Crippen molar-refractivity contribution >= 4 is 39.9 Å². The van der Waals surface area contributed by atoms with Gasteiger partial charge in [0, 0.05) is 17.3 Å². The van der Waals surface area contributed by atoms with Crippen LogP contribution in [-0.4, -0.2) is 25.8 Å². The van der Waals surface area contributed by atoms with Crippen LogP contribution in [0.5, 0.6) is 0 Å². The number of benzene rings is 3. The first-order valence-corrected chi connectivity index (χ1v) is 8.98. The molecule has 0 radical (unpaired) electrons. The maximum absolute atomic E-state index is 12.6. The zero-order chi connectivity index (χ0) is 20.5. The second kappa shape index (κ2) is 7.33. The first kappa shape index (κ1) is 18.6. The van der Waals surface area contributed by atoms with Gasteiger partial charge in [0.15, 0.2) is 0 Å². The van der Waals surface area contributed by atoms with Gasteiger partial charge in [-0.25, -0.2) is 0 Å². The predicted molar refractivity (Wildman–Crippen MR) is 110 cm³/mol. The van der Waals surface area contributed by atoms with Gasteiger partial charge in [-0.05, 0) is 48.9 Å². The van der Waals surface area contributed by atoms with E-state index in [1.807, 2.05) is 43.3 Å². The van der Waals surface area contributed by atoms with Gasteiger partial charge in [0.1, 0.15) is 16.1 Å². The largest absolute Gasteiger partial charge is 0.322 e. The van der Waals surface area contributed by atoms with Crippen LogP contribution < -0.4 is 5.32 Å². The summed E-state index contributed by atoms with van der Waals surface area (Å²) in [7, 11) is 0. The molecule has 29 heavy (non-hydrogen) atoms. The molecule has 144 valence electrons. The summed E-state index contributed by atoms with van der Waals surface area (Å²) in [6.45, 7) is 1.83. The van der Waals surface area contributed by atoms with E-state index >= 15 is 0 Å². The number of anilines is 1. The van der Waals surface area contributed by atoms with Crippen LogP contribution in [0.15, 0.2) is 60.7 Å². The fourth-order valence-electron chi connectivity index (χ4n) is 2.87. The highest BCUT2D eigenvalue weighted by molar-refractivity contribution is 6.32. The summed E-state index contributed by atoms with van der Waals surface area (Å²) in [5.74, 6) is -0.484. The van der Waals surface area contributed by atoms with E-state index in [9.17, 15) is 14.9 Å². The first-order chi connectivity index (χ1) is 13.9. The molecule has 0 saturated carbocycles. The third-order valence-electron chi connectivity index (χ3n) is 4.37. The third-order valence-corrected chi connectivity index (χ3v) is 4.69. The summed E-state index contributed by atoms with van der Waals surface area (Å²) in [4.78, 5) is 24.5. The number of amides is 1. The molecule has 4 aromatic rings. The predicted octanol–water partition coefficient (Wildman–Crippen LogP) is 4.54. The number of nitrogens with one attached hydrogen (secondary N) is 1. The van der Waals surface area contributed by atoms with Gasteiger partial charge in [-0.1, -0.05) is 29.8 Å². The van der Waals surface area contributed by atoms with Gasteiger partial charge >= 0.3 is 0 Å². The molecule has 0 aliphatic carbocycles. The van der Waals surface area contributed by atoms with Gasteiger partial charge in [0.2, 0.25) is 0 Å². The molecular formula is C20H14ClN5O3. The number of halogens is 1. The van der Waals surface area contributed by atoms with Crippen molar-refractivity contribution in [1.82, 2.24) is 15.0 Å². The van der Waals surface area contributed by atoms with Gasteiger partial charge in [0.05, 0.1) is 10.6 Å². The number of carbonyl (C=O) groups is 1. The summed E-state index contributed by atoms with van der Waals surface area (Å²) >= 11 is 5.81. The molecule has 0 atom stereocenters. The van der Waals surface area contributed by atoms with Gasteiger partial charge in [-0.2, -0.15) is 4.80 Å². The number of hydrogen-bond donors (Lipinski definition) is 1. The van der Waals surface area contributed by atoms with Crippen molar-refractivity contribution in [3.63, 3.8) is 0 Å². The van der Waals surface area contributed by atoms with Gasteiger partial charge < -0.3 is 5.32 Å². The smallest absolute Gasteiger partial charge is 0.288 e. The Labute approximate surface area is 169 Å². The average Bonchev–Trinajstić information content (AvgIpc) is 3.11. The van der Waals surface area contributed by atoms with E-state index in [1.165, 1.54) is 16.9 Å². The molecule has 8 nitrogen and oxygen atoms in total. The molecule has 1 amide bonds. The van der Waals surface area contributed by atoms with Crippen LogP contribution >= 0.6 is 11.6 Å². The fourth-order valence-corrected chi connectivity index (χ4v) is 3.05. The maximum atomic E-state index is 12.6. The Kier molecular flexibility index (Phi) is 4.69. The molecule has 9 heteroatoms. The Morgan fingerprint density at radius 2 is 1.76 bits per heavy atom. The van der Waals surface area contributed by atoms with Crippen molar-refractivity contribution < 1.29 is 9.72 Å². The molecule has 3 aromatic carbocycles. The lowest BCUT2D eigenvalue weighted by Crippen LogP contribution is -2.13. The molecule has 1 aromatic heterocycles. The number of hydrogen-bond acceptors (Lipinski definition) is 5. The highest BCUT2D eigenvalue weighted by Gasteiger charge is 2.17. The van der Waals surface area contributed by atoms with Crippen molar-refractivity contribution in [2.24, 2.45) is 0 Å². The Balaban J connectivity index is 1.66. The van der Waals surface area contributed by atoms with E-state index in [-0.39, 0.29) is 16.3 Å². The van der Waals surface area contributed by atoms with Gasteiger partial charge in [-0.15, -0.1) is 10.2 Å². The highest BCUT2D eigenvalue weighted by Crippen LogP contribution is 2.27. The number of rotatable bonds is 4. The number of aromatic nitrogens is 3. The van der Waals surface area contributed by atoms with Crippen LogP contribution in [0, 0.1) is 17.0 Å². The molecule has 0 saturated heterocycles. The first-order valence-electron chi connectivity index (χ1n) is 8.61. The van der Waals surface area contributed by atoms with E-state index in [4.69, 9.17) is 11.6 Å². The second-order valence-electron chi connectivity index (χ2n) is 6.36. The molecule has 1 heterocycles. The number of aryl methyl sites for hydroxylation is 1. The molecule has 0 aliphatic rings. The Hall–Kier alpha value is -3.78. The summed E-state index contributed by atoms with van der Waals surface area (Å²) in [6, 6.07) is 16.9. The standard InChI is InChI=1S/C20H14ClN5O3/c1-12-9-17-18(24-25(23-17)14-5-3-2-4-6-14)11-16(12)22-20(27)13-7-8-15(21)19(10-13)26(28)29/h2-11H,1H3,(H,22,27). The molecule has 0 aliphatic heterocycles. The topological polar surface area (TPSA) is 103 Å². The number of nitro benzene ring substituents is 1. The molecule has 0 fully saturated rings. The van der Waals surface area contributed by atoms with Gasteiger partial charge in [-0.3, -0.25) is 14.9 Å². The van der Waals surface area contributed by atoms with Crippen molar-refractivity contribution in [2.45, 2.75) is 6.92 Å². The van der Waals surface area contributed by atoms with Crippen LogP contribution in [-0.2, 0) is 0 Å². The summed E-state index contributed by atoms with van der Waals surface area (Å²) < 4.78 is 0. The molecule has 0 unspecified atom stereocenters. The average molecular weight is 408 g/mol. The maximum Gasteiger partial charge on any atom is 0.288 e. The Bertz CT molecular complexity index is 1250. The summed E-state index contributed by atoms with van der Waals surface area (Å²) in [6.07, 6.45) is 0. The lowest BCUT2D eigenvalue weighted by molar-refractivity contribution is -0.384. The van der Waals surface area contributed by atoms with E-state index in [1.54, 1.807) is 6.07 Å². The molecule has 4 rings (SSSR count). The van der Waals surface area contributed by atoms with Crippen molar-refractivity contribution in [3.8, 4) is 5.69 Å². The minimum absolute atomic E-state index is 0.0262. The zero-order valence-electron chi connectivity index (χ0n) is 15.2. The summed E-state index contributed by atoms with van der Waals surface area (Å²) in [5.41, 5.74) is 3.25. The number of para-hydroxylation sites is 1. The van der Waals surface area contributed by atoms with E-state index < -0.39 is 10.8 Å². The van der Waals surface area contributed by atoms with Gasteiger partial charge in [0.25, 0.3) is 11.6 Å². The van der Waals surface area contributed by atoms with Crippen molar-refractivity contribution in [2.75, 3.05) is 5.32 Å². The van der Waals surface area contributed by atoms with Crippen LogP contribution in [0.4, 0.5) is 11.4 Å². The van der Waals surface area contributed by atoms with Crippen LogP contribution in [0.2, 0.25) is 5.02 Å². The van der Waals surface area contributed by atoms with Crippen LogP contribution in [0.1, 0.15) is 15.9 Å². The lowest BCUT2D eigenvalue weighted by atomic mass is 10.1. The van der Waals surface area contributed by atoms with Crippen molar-refractivity contribution in [1.29, 1.82) is 0 Å². The quantitative estimate of drug-likeness (QED) is 0.395. The Morgan fingerprint density at radius 1 is 1.07 bits per heavy atom. The van der Waals surface area contributed by atoms with E-state index in [2.05, 4.69) is 15.5 Å². The number of fused-ring (bicyclic) bond motifs is 1. The van der Waals surface area contributed by atoms with Crippen LogP contribution in [0.3, 0.4) is 0 Å².